The van der Waals surface area contributed by atoms with E-state index in [1.807, 2.05) is 30.3 Å². The van der Waals surface area contributed by atoms with Crippen molar-refractivity contribution in [2.24, 2.45) is 5.92 Å². The standard InChI is InChI=1S/C18H27N2O8PS/c1-19-17(30)20-14-9-13(15(16(14)24-2)28-29(22,23)25-3)11-27-18(21)26-10-12-7-5-4-6-8-12/h4-8,13-16H,9-11H2,1-3H3,(H,22,23)(H2,19,20,30)/t13-,14+,15?,16-/m1/s1. The summed E-state index contributed by atoms with van der Waals surface area (Å²) in [4.78, 5) is 21.8. The van der Waals surface area contributed by atoms with Gasteiger partial charge in [-0.1, -0.05) is 30.3 Å². The van der Waals surface area contributed by atoms with Crippen LogP contribution in [0.4, 0.5) is 4.79 Å². The summed E-state index contributed by atoms with van der Waals surface area (Å²) in [6.07, 6.45) is -1.97. The van der Waals surface area contributed by atoms with Crippen molar-refractivity contribution in [3.8, 4) is 0 Å². The topological polar surface area (TPSA) is 125 Å². The van der Waals surface area contributed by atoms with Crippen LogP contribution < -0.4 is 10.6 Å². The lowest BCUT2D eigenvalue weighted by Gasteiger charge is -2.27. The number of phosphoric acid groups is 1. The molecule has 1 aliphatic carbocycles. The van der Waals surface area contributed by atoms with Gasteiger partial charge in [-0.05, 0) is 24.2 Å². The maximum atomic E-state index is 12.0. The molecule has 0 spiro atoms. The van der Waals surface area contributed by atoms with E-state index in [-0.39, 0.29) is 19.3 Å². The Morgan fingerprint density at radius 1 is 1.23 bits per heavy atom. The van der Waals surface area contributed by atoms with Gasteiger partial charge in [-0.15, -0.1) is 0 Å². The van der Waals surface area contributed by atoms with E-state index in [2.05, 4.69) is 15.2 Å². The molecule has 1 aromatic carbocycles. The minimum Gasteiger partial charge on any atom is -0.434 e. The Balaban J connectivity index is 2.01. The minimum absolute atomic E-state index is 0.0705. The number of carbonyl (C=O) groups excluding carboxylic acids is 1. The third kappa shape index (κ3) is 7.19. The fourth-order valence-corrected chi connectivity index (χ4v) is 4.05. The van der Waals surface area contributed by atoms with Gasteiger partial charge in [0.2, 0.25) is 0 Å². The van der Waals surface area contributed by atoms with Gasteiger partial charge in [-0.2, -0.15) is 0 Å². The first-order chi connectivity index (χ1) is 14.3. The smallest absolute Gasteiger partial charge is 0.434 e. The van der Waals surface area contributed by atoms with E-state index >= 15 is 0 Å². The first-order valence-corrected chi connectivity index (χ1v) is 11.1. The number of hydrogen-bond donors (Lipinski definition) is 3. The maximum absolute atomic E-state index is 12.0. The quantitative estimate of drug-likeness (QED) is 0.283. The number of benzene rings is 1. The van der Waals surface area contributed by atoms with Crippen LogP contribution >= 0.6 is 20.0 Å². The van der Waals surface area contributed by atoms with E-state index in [1.165, 1.54) is 7.11 Å². The molecule has 0 bridgehead atoms. The largest absolute Gasteiger partial charge is 0.508 e. The summed E-state index contributed by atoms with van der Waals surface area (Å²) in [6, 6.07) is 8.83. The van der Waals surface area contributed by atoms with Crippen molar-refractivity contribution in [3.05, 3.63) is 35.9 Å². The molecule has 0 amide bonds. The Kier molecular flexibility index (Phi) is 9.47. The van der Waals surface area contributed by atoms with E-state index in [0.29, 0.717) is 11.5 Å². The van der Waals surface area contributed by atoms with Gasteiger partial charge in [0.15, 0.2) is 5.11 Å². The van der Waals surface area contributed by atoms with E-state index in [0.717, 1.165) is 12.7 Å². The number of rotatable bonds is 9. The molecule has 1 fully saturated rings. The Hall–Kier alpha value is -1.75. The molecule has 0 aliphatic heterocycles. The molecule has 0 saturated heterocycles. The Bertz CT molecular complexity index is 753. The predicted molar refractivity (Wildman–Crippen MR) is 112 cm³/mol. The second-order valence-corrected chi connectivity index (χ2v) is 8.50. The summed E-state index contributed by atoms with van der Waals surface area (Å²) in [5.74, 6) is -0.466. The third-order valence-corrected chi connectivity index (χ3v) is 5.95. The van der Waals surface area contributed by atoms with Crippen molar-refractivity contribution in [1.82, 2.24) is 10.6 Å². The van der Waals surface area contributed by atoms with Crippen LogP contribution in [0.5, 0.6) is 0 Å². The van der Waals surface area contributed by atoms with Gasteiger partial charge in [0, 0.05) is 27.2 Å². The van der Waals surface area contributed by atoms with Crippen LogP contribution in [0.15, 0.2) is 30.3 Å². The summed E-state index contributed by atoms with van der Waals surface area (Å²) >= 11 is 5.14. The van der Waals surface area contributed by atoms with Crippen molar-refractivity contribution < 1.29 is 37.5 Å². The van der Waals surface area contributed by atoms with Crippen LogP contribution in [0.3, 0.4) is 0 Å². The fourth-order valence-electron chi connectivity index (χ4n) is 3.21. The average Bonchev–Trinajstić information content (AvgIpc) is 3.06. The van der Waals surface area contributed by atoms with Crippen LogP contribution in [0.1, 0.15) is 12.0 Å². The summed E-state index contributed by atoms with van der Waals surface area (Å²) in [5.41, 5.74) is 0.821. The highest BCUT2D eigenvalue weighted by molar-refractivity contribution is 7.80. The molecule has 5 atom stereocenters. The zero-order valence-corrected chi connectivity index (χ0v) is 18.7. The number of carbonyl (C=O) groups is 1. The summed E-state index contributed by atoms with van der Waals surface area (Å²) in [5, 5.41) is 6.24. The number of ether oxygens (including phenoxy) is 3. The Morgan fingerprint density at radius 3 is 2.53 bits per heavy atom. The molecule has 168 valence electrons. The lowest BCUT2D eigenvalue weighted by Crippen LogP contribution is -2.47. The molecular formula is C18H27N2O8PS. The molecule has 1 aliphatic rings. The van der Waals surface area contributed by atoms with E-state index in [1.54, 1.807) is 7.05 Å². The highest BCUT2D eigenvalue weighted by Crippen LogP contribution is 2.48. The summed E-state index contributed by atoms with van der Waals surface area (Å²) in [7, 11) is -0.129. The lowest BCUT2D eigenvalue weighted by molar-refractivity contribution is -0.0317. The van der Waals surface area contributed by atoms with Gasteiger partial charge in [0.1, 0.15) is 25.4 Å². The van der Waals surface area contributed by atoms with Crippen molar-refractivity contribution >= 4 is 31.3 Å². The molecule has 3 N–H and O–H groups in total. The lowest BCUT2D eigenvalue weighted by atomic mass is 10.1. The van der Waals surface area contributed by atoms with Crippen LogP contribution in [0, 0.1) is 5.92 Å². The van der Waals surface area contributed by atoms with E-state index in [9.17, 15) is 14.3 Å². The average molecular weight is 462 g/mol. The first kappa shape index (κ1) is 24.5. The molecule has 0 aromatic heterocycles. The van der Waals surface area contributed by atoms with Crippen molar-refractivity contribution in [1.29, 1.82) is 0 Å². The number of thiocarbonyl (C=S) groups is 1. The van der Waals surface area contributed by atoms with Crippen LogP contribution in [-0.4, -0.2) is 62.3 Å². The zero-order valence-electron chi connectivity index (χ0n) is 17.0. The second kappa shape index (κ2) is 11.6. The highest BCUT2D eigenvalue weighted by Gasteiger charge is 2.48. The molecule has 0 radical (unpaired) electrons. The molecule has 12 heteroatoms. The molecule has 1 aromatic rings. The second-order valence-electron chi connectivity index (χ2n) is 6.58. The van der Waals surface area contributed by atoms with Gasteiger partial charge >= 0.3 is 14.0 Å². The molecule has 10 nitrogen and oxygen atoms in total. The number of phosphoric ester groups is 1. The van der Waals surface area contributed by atoms with Gasteiger partial charge in [-0.3, -0.25) is 9.05 Å². The number of hydrogen-bond acceptors (Lipinski definition) is 8. The van der Waals surface area contributed by atoms with Crippen LogP contribution in [0.2, 0.25) is 0 Å². The summed E-state index contributed by atoms with van der Waals surface area (Å²) in [6.45, 7) is -0.0343. The Morgan fingerprint density at radius 2 is 1.93 bits per heavy atom. The molecule has 1 saturated carbocycles. The first-order valence-electron chi connectivity index (χ1n) is 9.21. The van der Waals surface area contributed by atoms with Gasteiger partial charge in [-0.25, -0.2) is 9.36 Å². The molecule has 30 heavy (non-hydrogen) atoms. The van der Waals surface area contributed by atoms with Crippen molar-refractivity contribution in [3.63, 3.8) is 0 Å². The number of nitrogens with one attached hydrogen (secondary N) is 2. The van der Waals surface area contributed by atoms with Gasteiger partial charge in [0.05, 0.1) is 6.04 Å². The zero-order chi connectivity index (χ0) is 22.1. The third-order valence-electron chi connectivity index (χ3n) is 4.66. The van der Waals surface area contributed by atoms with Gasteiger partial charge < -0.3 is 29.7 Å². The maximum Gasteiger partial charge on any atom is 0.508 e. The van der Waals surface area contributed by atoms with Crippen molar-refractivity contribution in [2.45, 2.75) is 31.3 Å². The normalized spacial score (nSPS) is 25.2. The molecule has 0 heterocycles. The molecule has 2 unspecified atom stereocenters. The van der Waals surface area contributed by atoms with Crippen LogP contribution in [-0.2, 0) is 34.4 Å². The summed E-state index contributed by atoms with van der Waals surface area (Å²) < 4.78 is 37.6. The monoisotopic (exact) mass is 462 g/mol. The molecular weight excluding hydrogens is 435 g/mol. The van der Waals surface area contributed by atoms with Gasteiger partial charge in [0.25, 0.3) is 0 Å². The minimum atomic E-state index is -4.31. The van der Waals surface area contributed by atoms with Crippen LogP contribution in [0.25, 0.3) is 0 Å². The Labute approximate surface area is 180 Å². The fraction of sp³-hybridized carbons (Fsp3) is 0.556. The van der Waals surface area contributed by atoms with E-state index in [4.69, 9.17) is 31.0 Å². The molecule has 2 rings (SSSR count). The highest BCUT2D eigenvalue weighted by atomic mass is 32.1. The van der Waals surface area contributed by atoms with E-state index < -0.39 is 32.1 Å². The SMILES string of the molecule is CNC(=S)N[C@H]1C[C@H](COC(=O)OCc2ccccc2)C(OP(=O)(O)OC)[C@@H]1OC. The predicted octanol–water partition coefficient (Wildman–Crippen LogP) is 1.97. The number of methoxy groups -OCH3 is 1. The van der Waals surface area contributed by atoms with Crippen molar-refractivity contribution in [2.75, 3.05) is 27.9 Å².